The Labute approximate surface area is 198 Å². The molecule has 3 heterocycles. The van der Waals surface area contributed by atoms with E-state index < -0.39 is 10.0 Å². The quantitative estimate of drug-likeness (QED) is 0.496. The maximum atomic E-state index is 13.4. The number of piperidine rings is 1. The standard InChI is InChI=1S/C23H31N5O5S/c1-4-7-20-24-15(3)21-23(30)25-22(26-28(20)21)18-12-17(9-10-19(18)33-5-2)34(31,32)27-11-6-8-16(13-27)14-29/h9-10,12,16,29H,4-8,11,13-14H2,1-3H3,(H,25,26,30). The number of rotatable bonds is 8. The summed E-state index contributed by atoms with van der Waals surface area (Å²) in [6.45, 7) is 6.61. The monoisotopic (exact) mass is 489 g/mol. The second-order valence-corrected chi connectivity index (χ2v) is 10.5. The van der Waals surface area contributed by atoms with Crippen LogP contribution in [-0.4, -0.2) is 63.7 Å². The Balaban J connectivity index is 1.85. The first-order chi connectivity index (χ1) is 16.3. The van der Waals surface area contributed by atoms with Crippen molar-refractivity contribution >= 4 is 15.5 Å². The van der Waals surface area contributed by atoms with Crippen LogP contribution in [0.15, 0.2) is 27.9 Å². The second-order valence-electron chi connectivity index (χ2n) is 8.57. The third kappa shape index (κ3) is 4.47. The molecule has 1 aliphatic rings. The van der Waals surface area contributed by atoms with Crippen LogP contribution in [0.4, 0.5) is 0 Å². The number of nitrogens with zero attached hydrogens (tertiary/aromatic N) is 4. The number of aryl methyl sites for hydroxylation is 2. The lowest BCUT2D eigenvalue weighted by Crippen LogP contribution is -2.40. The number of nitrogens with one attached hydrogen (secondary N) is 1. The summed E-state index contributed by atoms with van der Waals surface area (Å²) in [7, 11) is -3.80. The molecule has 11 heteroatoms. The molecule has 184 valence electrons. The largest absolute Gasteiger partial charge is 0.493 e. The molecular weight excluding hydrogens is 458 g/mol. The van der Waals surface area contributed by atoms with Crippen LogP contribution in [0.25, 0.3) is 16.9 Å². The van der Waals surface area contributed by atoms with E-state index in [1.165, 1.54) is 16.4 Å². The van der Waals surface area contributed by atoms with E-state index in [0.717, 1.165) is 12.8 Å². The van der Waals surface area contributed by atoms with E-state index in [1.807, 2.05) is 13.8 Å². The molecule has 0 bridgehead atoms. The Morgan fingerprint density at radius 2 is 2.09 bits per heavy atom. The van der Waals surface area contributed by atoms with Gasteiger partial charge in [0.25, 0.3) is 5.56 Å². The van der Waals surface area contributed by atoms with Gasteiger partial charge in [0, 0.05) is 26.1 Å². The molecule has 10 nitrogen and oxygen atoms in total. The van der Waals surface area contributed by atoms with Gasteiger partial charge < -0.3 is 14.8 Å². The van der Waals surface area contributed by atoms with Crippen LogP contribution in [-0.2, 0) is 16.4 Å². The Bertz CT molecular complexity index is 1350. The highest BCUT2D eigenvalue weighted by atomic mass is 32.2. The lowest BCUT2D eigenvalue weighted by molar-refractivity contribution is 0.165. The predicted molar refractivity (Wildman–Crippen MR) is 128 cm³/mol. The van der Waals surface area contributed by atoms with Crippen molar-refractivity contribution in [3.63, 3.8) is 0 Å². The van der Waals surface area contributed by atoms with E-state index in [1.54, 1.807) is 17.5 Å². The molecule has 3 aromatic rings. The van der Waals surface area contributed by atoms with Crippen LogP contribution in [0.2, 0.25) is 0 Å². The zero-order chi connectivity index (χ0) is 24.5. The van der Waals surface area contributed by atoms with Gasteiger partial charge >= 0.3 is 0 Å². The molecule has 0 radical (unpaired) electrons. The van der Waals surface area contributed by atoms with Gasteiger partial charge in [-0.15, -0.1) is 5.10 Å². The average molecular weight is 490 g/mol. The highest BCUT2D eigenvalue weighted by Crippen LogP contribution is 2.32. The molecule has 1 aromatic carbocycles. The number of fused-ring (bicyclic) bond motifs is 1. The summed E-state index contributed by atoms with van der Waals surface area (Å²) in [6, 6.07) is 4.60. The summed E-state index contributed by atoms with van der Waals surface area (Å²) in [6.07, 6.45) is 2.98. The first-order valence-electron chi connectivity index (χ1n) is 11.7. The SMILES string of the molecule is CCCc1nc(C)c2c(=O)[nH]c(-c3cc(S(=O)(=O)N4CCCC(CO)C4)ccc3OCC)nn12. The summed E-state index contributed by atoms with van der Waals surface area (Å²) >= 11 is 0. The van der Waals surface area contributed by atoms with Gasteiger partial charge in [-0.3, -0.25) is 4.79 Å². The van der Waals surface area contributed by atoms with E-state index in [-0.39, 0.29) is 35.3 Å². The second kappa shape index (κ2) is 9.85. The van der Waals surface area contributed by atoms with Crippen molar-refractivity contribution in [3.8, 4) is 17.1 Å². The van der Waals surface area contributed by atoms with Crippen molar-refractivity contribution in [1.29, 1.82) is 0 Å². The third-order valence-corrected chi connectivity index (χ3v) is 7.96. The Hall–Kier alpha value is -2.76. The number of sulfonamides is 1. The fraction of sp³-hybridized carbons (Fsp3) is 0.522. The first-order valence-corrected chi connectivity index (χ1v) is 13.1. The van der Waals surface area contributed by atoms with E-state index >= 15 is 0 Å². The van der Waals surface area contributed by atoms with Gasteiger partial charge in [0.1, 0.15) is 11.6 Å². The van der Waals surface area contributed by atoms with Crippen LogP contribution < -0.4 is 10.3 Å². The third-order valence-electron chi connectivity index (χ3n) is 6.10. The molecule has 1 fully saturated rings. The number of benzene rings is 1. The molecule has 1 saturated heterocycles. The van der Waals surface area contributed by atoms with Crippen LogP contribution in [0.5, 0.6) is 5.75 Å². The molecule has 2 aromatic heterocycles. The number of imidazole rings is 1. The molecule has 0 saturated carbocycles. The van der Waals surface area contributed by atoms with E-state index in [2.05, 4.69) is 15.1 Å². The summed E-state index contributed by atoms with van der Waals surface area (Å²) in [5.74, 6) is 1.23. The van der Waals surface area contributed by atoms with Crippen molar-refractivity contribution in [2.45, 2.75) is 51.3 Å². The van der Waals surface area contributed by atoms with Gasteiger partial charge in [-0.1, -0.05) is 6.92 Å². The smallest absolute Gasteiger partial charge is 0.277 e. The summed E-state index contributed by atoms with van der Waals surface area (Å²) in [5, 5.41) is 14.1. The van der Waals surface area contributed by atoms with E-state index in [4.69, 9.17) is 4.74 Å². The Morgan fingerprint density at radius 3 is 2.79 bits per heavy atom. The number of ether oxygens (including phenoxy) is 1. The summed E-state index contributed by atoms with van der Waals surface area (Å²) in [4.78, 5) is 20.3. The van der Waals surface area contributed by atoms with Crippen molar-refractivity contribution in [3.05, 3.63) is 40.1 Å². The lowest BCUT2D eigenvalue weighted by atomic mass is 10.0. The molecule has 0 spiro atoms. The fourth-order valence-corrected chi connectivity index (χ4v) is 6.00. The molecule has 1 unspecified atom stereocenters. The molecular formula is C23H31N5O5S. The summed E-state index contributed by atoms with van der Waals surface area (Å²) in [5.41, 5.74) is 0.993. The minimum atomic E-state index is -3.80. The van der Waals surface area contributed by atoms with Crippen LogP contribution in [0.3, 0.4) is 0 Å². The van der Waals surface area contributed by atoms with Gasteiger partial charge in [-0.05, 0) is 57.2 Å². The Morgan fingerprint density at radius 1 is 1.29 bits per heavy atom. The molecule has 34 heavy (non-hydrogen) atoms. The highest BCUT2D eigenvalue weighted by Gasteiger charge is 2.31. The average Bonchev–Trinajstić information content (AvgIpc) is 3.15. The van der Waals surface area contributed by atoms with Crippen LogP contribution in [0, 0.1) is 12.8 Å². The molecule has 4 rings (SSSR count). The van der Waals surface area contributed by atoms with Crippen molar-refractivity contribution in [1.82, 2.24) is 23.9 Å². The van der Waals surface area contributed by atoms with Crippen molar-refractivity contribution in [2.75, 3.05) is 26.3 Å². The number of H-pyrrole nitrogens is 1. The van der Waals surface area contributed by atoms with Gasteiger partial charge in [0.15, 0.2) is 11.3 Å². The highest BCUT2D eigenvalue weighted by molar-refractivity contribution is 7.89. The van der Waals surface area contributed by atoms with Gasteiger partial charge in [-0.2, -0.15) is 4.31 Å². The van der Waals surface area contributed by atoms with Gasteiger partial charge in [0.2, 0.25) is 10.0 Å². The first kappa shape index (κ1) is 24.4. The number of aromatic nitrogens is 4. The van der Waals surface area contributed by atoms with Crippen molar-refractivity contribution < 1.29 is 18.3 Å². The van der Waals surface area contributed by atoms with Crippen molar-refractivity contribution in [2.24, 2.45) is 5.92 Å². The molecule has 1 aliphatic heterocycles. The van der Waals surface area contributed by atoms with Gasteiger partial charge in [-0.25, -0.2) is 17.9 Å². The zero-order valence-corrected chi connectivity index (χ0v) is 20.6. The number of aliphatic hydroxyl groups is 1. The maximum Gasteiger partial charge on any atom is 0.277 e. The molecule has 0 aliphatic carbocycles. The van der Waals surface area contributed by atoms with E-state index in [9.17, 15) is 18.3 Å². The number of aliphatic hydroxyl groups excluding tert-OH is 1. The molecule has 1 atom stereocenters. The minimum absolute atomic E-state index is 0.0455. The normalized spacial score (nSPS) is 17.4. The molecule has 2 N–H and O–H groups in total. The fourth-order valence-electron chi connectivity index (χ4n) is 4.42. The number of hydrogen-bond acceptors (Lipinski definition) is 7. The topological polar surface area (TPSA) is 130 Å². The number of aromatic amines is 1. The zero-order valence-electron chi connectivity index (χ0n) is 19.7. The minimum Gasteiger partial charge on any atom is -0.493 e. The van der Waals surface area contributed by atoms with Gasteiger partial charge in [0.05, 0.1) is 22.8 Å². The predicted octanol–water partition coefficient (Wildman–Crippen LogP) is 2.14. The van der Waals surface area contributed by atoms with E-state index in [0.29, 0.717) is 54.3 Å². The summed E-state index contributed by atoms with van der Waals surface area (Å²) < 4.78 is 35.5. The Kier molecular flexibility index (Phi) is 7.06. The lowest BCUT2D eigenvalue weighted by Gasteiger charge is -2.31. The number of hydrogen-bond donors (Lipinski definition) is 2. The van der Waals surface area contributed by atoms with Crippen LogP contribution in [0.1, 0.15) is 44.6 Å². The van der Waals surface area contributed by atoms with Crippen LogP contribution >= 0.6 is 0 Å². The molecule has 0 amide bonds. The maximum absolute atomic E-state index is 13.4.